The summed E-state index contributed by atoms with van der Waals surface area (Å²) in [7, 11) is 0. The van der Waals surface area contributed by atoms with Crippen molar-refractivity contribution in [3.05, 3.63) is 60.8 Å². The Balaban J connectivity index is 4.67. The average molecular weight is 798 g/mol. The highest BCUT2D eigenvalue weighted by molar-refractivity contribution is 5.77. The standard InChI is InChI=1S/C51H91NO5/c1-4-7-10-13-16-19-22-24-25-27-29-32-35-38-41-44-51(56)57-47(42-39-36-33-30-28-26-23-20-17-14-11-8-5-2)45-50(55)52-48(46-53)49(54)43-40-37-34-31-21-18-15-12-9-6-3/h7,10,13,16,19,22,24-25,27,29,47-49,53-54H,4-6,8-9,11-12,14-15,17-18,20-21,23,26,28,30-46H2,1-3H3,(H,52,55)/b10-7+,16-13+,22-19-,25-24-,29-27+. The number of allylic oxidation sites excluding steroid dienone is 10. The third kappa shape index (κ3) is 40.1. The summed E-state index contributed by atoms with van der Waals surface area (Å²) in [6.45, 7) is 6.31. The van der Waals surface area contributed by atoms with Gasteiger partial charge in [-0.1, -0.05) is 229 Å². The fourth-order valence-corrected chi connectivity index (χ4v) is 7.10. The summed E-state index contributed by atoms with van der Waals surface area (Å²) in [5.41, 5.74) is 0. The molecule has 57 heavy (non-hydrogen) atoms. The van der Waals surface area contributed by atoms with Crippen molar-refractivity contribution in [3.8, 4) is 0 Å². The number of nitrogens with one attached hydrogen (secondary N) is 1. The van der Waals surface area contributed by atoms with Crippen molar-refractivity contribution in [2.24, 2.45) is 0 Å². The molecule has 1 amide bonds. The Morgan fingerprint density at radius 3 is 1.42 bits per heavy atom. The summed E-state index contributed by atoms with van der Waals surface area (Å²) < 4.78 is 5.90. The predicted molar refractivity (Wildman–Crippen MR) is 245 cm³/mol. The number of carbonyl (C=O) groups excluding carboxylic acids is 2. The maximum absolute atomic E-state index is 13.1. The first-order valence-electron chi connectivity index (χ1n) is 24.1. The van der Waals surface area contributed by atoms with Gasteiger partial charge in [0.25, 0.3) is 0 Å². The Morgan fingerprint density at radius 2 is 0.947 bits per heavy atom. The Kier molecular flexibility index (Phi) is 42.7. The van der Waals surface area contributed by atoms with Crippen LogP contribution in [0.25, 0.3) is 0 Å². The molecule has 3 atom stereocenters. The van der Waals surface area contributed by atoms with Gasteiger partial charge in [0.15, 0.2) is 0 Å². The number of aliphatic hydroxyl groups excluding tert-OH is 2. The monoisotopic (exact) mass is 798 g/mol. The van der Waals surface area contributed by atoms with Crippen molar-refractivity contribution in [1.82, 2.24) is 5.32 Å². The maximum Gasteiger partial charge on any atom is 0.306 e. The molecule has 6 heteroatoms. The molecule has 0 spiro atoms. The van der Waals surface area contributed by atoms with Gasteiger partial charge in [0.05, 0.1) is 25.2 Å². The van der Waals surface area contributed by atoms with Crippen molar-refractivity contribution >= 4 is 11.9 Å². The molecule has 3 N–H and O–H groups in total. The molecule has 0 aromatic heterocycles. The molecule has 3 unspecified atom stereocenters. The normalized spacial score (nSPS) is 13.8. The van der Waals surface area contributed by atoms with Gasteiger partial charge in [0.2, 0.25) is 5.91 Å². The minimum atomic E-state index is -0.793. The van der Waals surface area contributed by atoms with E-state index in [4.69, 9.17) is 4.74 Å². The van der Waals surface area contributed by atoms with E-state index < -0.39 is 18.2 Å². The molecule has 330 valence electrons. The number of ether oxygens (including phenoxy) is 1. The summed E-state index contributed by atoms with van der Waals surface area (Å²) in [6.07, 6.45) is 54.2. The second kappa shape index (κ2) is 44.7. The largest absolute Gasteiger partial charge is 0.462 e. The Labute approximate surface area is 352 Å². The Morgan fingerprint density at radius 1 is 0.526 bits per heavy atom. The summed E-state index contributed by atoms with van der Waals surface area (Å²) in [4.78, 5) is 26.0. The lowest BCUT2D eigenvalue weighted by atomic mass is 10.0. The van der Waals surface area contributed by atoms with Crippen molar-refractivity contribution < 1.29 is 24.5 Å². The van der Waals surface area contributed by atoms with Crippen LogP contribution in [0.5, 0.6) is 0 Å². The number of hydrogen-bond donors (Lipinski definition) is 3. The molecule has 0 aliphatic heterocycles. The molecule has 0 rings (SSSR count). The van der Waals surface area contributed by atoms with Crippen LogP contribution < -0.4 is 5.32 Å². The van der Waals surface area contributed by atoms with Crippen LogP contribution in [0.15, 0.2) is 60.8 Å². The van der Waals surface area contributed by atoms with Crippen molar-refractivity contribution in [1.29, 1.82) is 0 Å². The molecular weight excluding hydrogens is 707 g/mol. The minimum absolute atomic E-state index is 0.0607. The highest BCUT2D eigenvalue weighted by atomic mass is 16.5. The minimum Gasteiger partial charge on any atom is -0.462 e. The third-order valence-corrected chi connectivity index (χ3v) is 10.7. The third-order valence-electron chi connectivity index (χ3n) is 10.7. The first kappa shape index (κ1) is 54.6. The fraction of sp³-hybridized carbons (Fsp3) is 0.765. The van der Waals surface area contributed by atoms with E-state index in [0.29, 0.717) is 19.3 Å². The Bertz CT molecular complexity index is 1030. The number of carbonyl (C=O) groups is 2. The van der Waals surface area contributed by atoms with E-state index in [-0.39, 0.29) is 24.9 Å². The number of hydrogen-bond acceptors (Lipinski definition) is 5. The van der Waals surface area contributed by atoms with Crippen LogP contribution in [-0.2, 0) is 14.3 Å². The number of rotatable bonds is 42. The van der Waals surface area contributed by atoms with Gasteiger partial charge in [0.1, 0.15) is 6.10 Å². The molecule has 0 bridgehead atoms. The molecule has 0 aromatic rings. The van der Waals surface area contributed by atoms with Gasteiger partial charge in [-0.3, -0.25) is 9.59 Å². The van der Waals surface area contributed by atoms with Crippen molar-refractivity contribution in [3.63, 3.8) is 0 Å². The van der Waals surface area contributed by atoms with Crippen LogP contribution >= 0.6 is 0 Å². The average Bonchev–Trinajstić information content (AvgIpc) is 3.20. The SMILES string of the molecule is CC/C=C/C=C/C=C\C=C/C=C/CCCCCC(=O)OC(CCCCCCCCCCCCCCC)CC(=O)NC(CO)C(O)CCCCCCCCCCCC. The smallest absolute Gasteiger partial charge is 0.306 e. The lowest BCUT2D eigenvalue weighted by molar-refractivity contribution is -0.151. The number of unbranched alkanes of at least 4 members (excludes halogenated alkanes) is 24. The topological polar surface area (TPSA) is 95.9 Å². The predicted octanol–water partition coefficient (Wildman–Crippen LogP) is 14.1. The summed E-state index contributed by atoms with van der Waals surface area (Å²) in [5.74, 6) is -0.521. The summed E-state index contributed by atoms with van der Waals surface area (Å²) in [5, 5.41) is 23.6. The Hall–Kier alpha value is -2.44. The maximum atomic E-state index is 13.1. The summed E-state index contributed by atoms with van der Waals surface area (Å²) in [6, 6.07) is -0.708. The zero-order chi connectivity index (χ0) is 41.7. The van der Waals surface area contributed by atoms with E-state index >= 15 is 0 Å². The van der Waals surface area contributed by atoms with Crippen LogP contribution in [0.1, 0.15) is 226 Å². The molecule has 6 nitrogen and oxygen atoms in total. The quantitative estimate of drug-likeness (QED) is 0.0325. The molecule has 0 aliphatic rings. The number of aliphatic hydroxyl groups is 2. The van der Waals surface area contributed by atoms with E-state index in [1.54, 1.807) is 0 Å². The molecule has 0 fully saturated rings. The van der Waals surface area contributed by atoms with E-state index in [9.17, 15) is 19.8 Å². The summed E-state index contributed by atoms with van der Waals surface area (Å²) >= 11 is 0. The van der Waals surface area contributed by atoms with E-state index in [1.165, 1.54) is 109 Å². The van der Waals surface area contributed by atoms with Gasteiger partial charge < -0.3 is 20.3 Å². The number of amides is 1. The van der Waals surface area contributed by atoms with Gasteiger partial charge in [-0.15, -0.1) is 0 Å². The lowest BCUT2D eigenvalue weighted by Crippen LogP contribution is -2.46. The molecule has 0 saturated carbocycles. The van der Waals surface area contributed by atoms with E-state index in [1.807, 2.05) is 42.5 Å². The molecule has 0 saturated heterocycles. The number of esters is 1. The molecular formula is C51H91NO5. The van der Waals surface area contributed by atoms with Gasteiger partial charge in [-0.05, 0) is 44.9 Å². The van der Waals surface area contributed by atoms with Crippen LogP contribution in [0.4, 0.5) is 0 Å². The molecule has 0 aliphatic carbocycles. The van der Waals surface area contributed by atoms with Crippen LogP contribution in [0.3, 0.4) is 0 Å². The lowest BCUT2D eigenvalue weighted by Gasteiger charge is -2.24. The van der Waals surface area contributed by atoms with Gasteiger partial charge in [0, 0.05) is 6.42 Å². The van der Waals surface area contributed by atoms with Gasteiger partial charge >= 0.3 is 5.97 Å². The van der Waals surface area contributed by atoms with Crippen molar-refractivity contribution in [2.75, 3.05) is 6.61 Å². The first-order chi connectivity index (χ1) is 28.0. The second-order valence-electron chi connectivity index (χ2n) is 16.3. The molecule has 0 aromatic carbocycles. The zero-order valence-corrected chi connectivity index (χ0v) is 37.5. The van der Waals surface area contributed by atoms with Crippen LogP contribution in [0, 0.1) is 0 Å². The van der Waals surface area contributed by atoms with Crippen molar-refractivity contribution in [2.45, 2.75) is 244 Å². The van der Waals surface area contributed by atoms with E-state index in [0.717, 1.165) is 70.6 Å². The fourth-order valence-electron chi connectivity index (χ4n) is 7.10. The van der Waals surface area contributed by atoms with Gasteiger partial charge in [-0.25, -0.2) is 0 Å². The van der Waals surface area contributed by atoms with Crippen LogP contribution in [-0.4, -0.2) is 46.9 Å². The molecule has 0 heterocycles. The second-order valence-corrected chi connectivity index (χ2v) is 16.3. The molecule has 0 radical (unpaired) electrons. The zero-order valence-electron chi connectivity index (χ0n) is 37.5. The first-order valence-corrected chi connectivity index (χ1v) is 24.1. The van der Waals surface area contributed by atoms with Crippen LogP contribution in [0.2, 0.25) is 0 Å². The highest BCUT2D eigenvalue weighted by Gasteiger charge is 2.24. The highest BCUT2D eigenvalue weighted by Crippen LogP contribution is 2.18. The van der Waals surface area contributed by atoms with Gasteiger partial charge in [-0.2, -0.15) is 0 Å². The van der Waals surface area contributed by atoms with E-state index in [2.05, 4.69) is 44.3 Å².